The number of para-hydroxylation sites is 1. The number of morpholine rings is 1. The summed E-state index contributed by atoms with van der Waals surface area (Å²) in [7, 11) is 0. The molecule has 0 unspecified atom stereocenters. The van der Waals surface area contributed by atoms with Gasteiger partial charge < -0.3 is 9.47 Å². The summed E-state index contributed by atoms with van der Waals surface area (Å²) in [4.78, 5) is 2.43. The van der Waals surface area contributed by atoms with E-state index in [-0.39, 0.29) is 0 Å². The van der Waals surface area contributed by atoms with Gasteiger partial charge in [-0.1, -0.05) is 42.0 Å². The number of aryl methyl sites for hydroxylation is 1. The molecule has 5 heteroatoms. The van der Waals surface area contributed by atoms with E-state index in [0.717, 1.165) is 62.6 Å². The van der Waals surface area contributed by atoms with Crippen molar-refractivity contribution in [3.8, 4) is 5.88 Å². The van der Waals surface area contributed by atoms with E-state index >= 15 is 0 Å². The second kappa shape index (κ2) is 8.55. The molecule has 0 bridgehead atoms. The molecule has 142 valence electrons. The summed E-state index contributed by atoms with van der Waals surface area (Å²) in [6.07, 6.45) is 0.999. The summed E-state index contributed by atoms with van der Waals surface area (Å²) >= 11 is 0. The predicted octanol–water partition coefficient (Wildman–Crippen LogP) is 3.49. The molecule has 0 radical (unpaired) electrons. The van der Waals surface area contributed by atoms with Gasteiger partial charge in [-0.2, -0.15) is 0 Å². The Bertz CT molecular complexity index is 867. The molecule has 2 heterocycles. The topological polar surface area (TPSA) is 39.5 Å². The number of aromatic nitrogens is 2. The molecular weight excluding hydrogens is 338 g/mol. The van der Waals surface area contributed by atoms with Crippen LogP contribution in [0.1, 0.15) is 17.5 Å². The molecule has 1 fully saturated rings. The van der Waals surface area contributed by atoms with Crippen molar-refractivity contribution in [1.82, 2.24) is 14.7 Å². The molecule has 1 saturated heterocycles. The third-order valence-corrected chi connectivity index (χ3v) is 5.04. The number of ether oxygens (including phenoxy) is 2. The number of hydrogen-bond donors (Lipinski definition) is 0. The second-order valence-corrected chi connectivity index (χ2v) is 7.12. The zero-order valence-electron chi connectivity index (χ0n) is 15.9. The van der Waals surface area contributed by atoms with E-state index in [0.29, 0.717) is 6.61 Å². The minimum absolute atomic E-state index is 0.683. The van der Waals surface area contributed by atoms with Gasteiger partial charge in [0.25, 0.3) is 0 Å². The lowest BCUT2D eigenvalue weighted by Gasteiger charge is -2.26. The van der Waals surface area contributed by atoms with Crippen LogP contribution in [0.15, 0.2) is 48.5 Å². The second-order valence-electron chi connectivity index (χ2n) is 7.12. The first kappa shape index (κ1) is 18.0. The molecule has 3 aromatic rings. The highest BCUT2D eigenvalue weighted by atomic mass is 16.5. The van der Waals surface area contributed by atoms with Crippen molar-refractivity contribution in [2.24, 2.45) is 0 Å². The van der Waals surface area contributed by atoms with Crippen LogP contribution in [-0.4, -0.2) is 54.1 Å². The van der Waals surface area contributed by atoms with E-state index in [9.17, 15) is 0 Å². The van der Waals surface area contributed by atoms with Gasteiger partial charge in [-0.05, 0) is 31.0 Å². The Morgan fingerprint density at radius 2 is 1.81 bits per heavy atom. The SMILES string of the molecule is Cc1ccc(Cn2nc(OCCCN3CCOCC3)c3ccccc32)cc1. The molecule has 0 N–H and O–H groups in total. The number of benzene rings is 2. The van der Waals surface area contributed by atoms with Crippen LogP contribution in [0, 0.1) is 6.92 Å². The number of nitrogens with zero attached hydrogens (tertiary/aromatic N) is 3. The van der Waals surface area contributed by atoms with Crippen LogP contribution in [-0.2, 0) is 11.3 Å². The molecule has 1 aromatic heterocycles. The highest BCUT2D eigenvalue weighted by Crippen LogP contribution is 2.25. The summed E-state index contributed by atoms with van der Waals surface area (Å²) in [5.41, 5.74) is 3.63. The minimum Gasteiger partial charge on any atom is -0.476 e. The van der Waals surface area contributed by atoms with Crippen molar-refractivity contribution >= 4 is 10.9 Å². The lowest BCUT2D eigenvalue weighted by atomic mass is 10.1. The van der Waals surface area contributed by atoms with E-state index in [2.05, 4.69) is 54.3 Å². The first-order chi connectivity index (χ1) is 13.3. The smallest absolute Gasteiger partial charge is 0.240 e. The van der Waals surface area contributed by atoms with E-state index in [4.69, 9.17) is 14.6 Å². The molecule has 0 aliphatic carbocycles. The fourth-order valence-electron chi connectivity index (χ4n) is 3.47. The van der Waals surface area contributed by atoms with Gasteiger partial charge >= 0.3 is 0 Å². The fraction of sp³-hybridized carbons (Fsp3) is 0.409. The molecule has 2 aromatic carbocycles. The Morgan fingerprint density at radius 1 is 1.04 bits per heavy atom. The van der Waals surface area contributed by atoms with Gasteiger partial charge in [-0.3, -0.25) is 9.58 Å². The van der Waals surface area contributed by atoms with Gasteiger partial charge in [0, 0.05) is 19.6 Å². The Morgan fingerprint density at radius 3 is 2.63 bits per heavy atom. The van der Waals surface area contributed by atoms with Crippen LogP contribution in [0.4, 0.5) is 0 Å². The van der Waals surface area contributed by atoms with Gasteiger partial charge in [0.05, 0.1) is 37.3 Å². The number of fused-ring (bicyclic) bond motifs is 1. The molecule has 0 amide bonds. The summed E-state index contributed by atoms with van der Waals surface area (Å²) in [5.74, 6) is 0.736. The maximum atomic E-state index is 6.06. The van der Waals surface area contributed by atoms with Crippen molar-refractivity contribution in [3.63, 3.8) is 0 Å². The van der Waals surface area contributed by atoms with Crippen LogP contribution in [0.3, 0.4) is 0 Å². The van der Waals surface area contributed by atoms with Crippen LogP contribution >= 0.6 is 0 Å². The van der Waals surface area contributed by atoms with Crippen LogP contribution in [0.5, 0.6) is 5.88 Å². The van der Waals surface area contributed by atoms with Gasteiger partial charge in [-0.15, -0.1) is 5.10 Å². The Labute approximate surface area is 160 Å². The quantitative estimate of drug-likeness (QED) is 0.601. The fourth-order valence-corrected chi connectivity index (χ4v) is 3.47. The summed E-state index contributed by atoms with van der Waals surface area (Å²) in [6, 6.07) is 16.9. The van der Waals surface area contributed by atoms with E-state index in [1.54, 1.807) is 0 Å². The molecule has 0 saturated carbocycles. The van der Waals surface area contributed by atoms with E-state index < -0.39 is 0 Å². The van der Waals surface area contributed by atoms with Crippen molar-refractivity contribution in [2.45, 2.75) is 19.9 Å². The third-order valence-electron chi connectivity index (χ3n) is 5.04. The average Bonchev–Trinajstić information content (AvgIpc) is 3.06. The summed E-state index contributed by atoms with van der Waals surface area (Å²) in [5, 5.41) is 5.83. The third kappa shape index (κ3) is 4.49. The van der Waals surface area contributed by atoms with Crippen LogP contribution < -0.4 is 4.74 Å². The van der Waals surface area contributed by atoms with E-state index in [1.165, 1.54) is 11.1 Å². The largest absolute Gasteiger partial charge is 0.476 e. The molecule has 4 rings (SSSR count). The molecule has 0 spiro atoms. The first-order valence-corrected chi connectivity index (χ1v) is 9.73. The van der Waals surface area contributed by atoms with E-state index in [1.807, 2.05) is 10.7 Å². The molecule has 5 nitrogen and oxygen atoms in total. The van der Waals surface area contributed by atoms with Gasteiger partial charge in [0.1, 0.15) is 0 Å². The Balaban J connectivity index is 1.42. The highest BCUT2D eigenvalue weighted by Gasteiger charge is 2.13. The Hall–Kier alpha value is -2.37. The van der Waals surface area contributed by atoms with Crippen molar-refractivity contribution in [3.05, 3.63) is 59.7 Å². The standard InChI is InChI=1S/C22H27N3O2/c1-18-7-9-19(10-8-18)17-25-21-6-3-2-5-20(21)22(23-25)27-14-4-11-24-12-15-26-16-13-24/h2-3,5-10H,4,11-17H2,1H3. The number of rotatable bonds is 7. The minimum atomic E-state index is 0.683. The van der Waals surface area contributed by atoms with Crippen LogP contribution in [0.2, 0.25) is 0 Å². The first-order valence-electron chi connectivity index (χ1n) is 9.73. The zero-order valence-corrected chi connectivity index (χ0v) is 15.9. The van der Waals surface area contributed by atoms with Gasteiger partial charge in [-0.25, -0.2) is 0 Å². The molecule has 1 aliphatic rings. The lowest BCUT2D eigenvalue weighted by Crippen LogP contribution is -2.37. The average molecular weight is 365 g/mol. The molecule has 27 heavy (non-hydrogen) atoms. The Kier molecular flexibility index (Phi) is 5.70. The van der Waals surface area contributed by atoms with Gasteiger partial charge in [0.2, 0.25) is 5.88 Å². The summed E-state index contributed by atoms with van der Waals surface area (Å²) in [6.45, 7) is 8.31. The van der Waals surface area contributed by atoms with Crippen molar-refractivity contribution in [1.29, 1.82) is 0 Å². The predicted molar refractivity (Wildman–Crippen MR) is 107 cm³/mol. The van der Waals surface area contributed by atoms with Gasteiger partial charge in [0.15, 0.2) is 0 Å². The number of hydrogen-bond acceptors (Lipinski definition) is 4. The highest BCUT2D eigenvalue weighted by molar-refractivity contribution is 5.84. The maximum Gasteiger partial charge on any atom is 0.240 e. The molecular formula is C22H27N3O2. The van der Waals surface area contributed by atoms with Crippen molar-refractivity contribution in [2.75, 3.05) is 39.5 Å². The van der Waals surface area contributed by atoms with Crippen LogP contribution in [0.25, 0.3) is 10.9 Å². The molecule has 1 aliphatic heterocycles. The normalized spacial score (nSPS) is 15.3. The lowest BCUT2D eigenvalue weighted by molar-refractivity contribution is 0.0357. The zero-order chi connectivity index (χ0) is 18.5. The molecule has 0 atom stereocenters. The summed E-state index contributed by atoms with van der Waals surface area (Å²) < 4.78 is 13.5. The monoisotopic (exact) mass is 365 g/mol. The van der Waals surface area contributed by atoms with Crippen molar-refractivity contribution < 1.29 is 9.47 Å². The maximum absolute atomic E-state index is 6.06.